The number of benzene rings is 1. The minimum Gasteiger partial charge on any atom is -0.493 e. The van der Waals surface area contributed by atoms with E-state index in [1.54, 1.807) is 12.5 Å². The minimum absolute atomic E-state index is 0.726. The van der Waals surface area contributed by atoms with Crippen LogP contribution in [0.5, 0.6) is 5.75 Å². The van der Waals surface area contributed by atoms with Gasteiger partial charge in [0.05, 0.1) is 12.3 Å². The van der Waals surface area contributed by atoms with Crippen LogP contribution in [0, 0.1) is 0 Å². The molecular formula is C14H14BrN3O. The van der Waals surface area contributed by atoms with Crippen LogP contribution in [0.15, 0.2) is 35.2 Å². The van der Waals surface area contributed by atoms with Gasteiger partial charge in [-0.3, -0.25) is 0 Å². The SMILES string of the molecule is Brc1cc2c(c(CNCc3ccncn3)c1)OCC2. The summed E-state index contributed by atoms with van der Waals surface area (Å²) in [5.41, 5.74) is 3.46. The van der Waals surface area contributed by atoms with Crippen LogP contribution in [0.2, 0.25) is 0 Å². The normalized spacial score (nSPS) is 13.1. The monoisotopic (exact) mass is 319 g/mol. The van der Waals surface area contributed by atoms with Gasteiger partial charge in [-0.25, -0.2) is 9.97 Å². The lowest BCUT2D eigenvalue weighted by molar-refractivity contribution is 0.352. The summed E-state index contributed by atoms with van der Waals surface area (Å²) in [4.78, 5) is 8.09. The number of ether oxygens (including phenoxy) is 1. The fourth-order valence-corrected chi connectivity index (χ4v) is 2.78. The highest BCUT2D eigenvalue weighted by Gasteiger charge is 2.16. The Morgan fingerprint density at radius 1 is 1.32 bits per heavy atom. The number of nitrogens with zero attached hydrogens (tertiary/aromatic N) is 2. The molecule has 3 rings (SSSR count). The fraction of sp³-hybridized carbons (Fsp3) is 0.286. The third-order valence-corrected chi connectivity index (χ3v) is 3.55. The second-order valence-electron chi connectivity index (χ2n) is 4.46. The van der Waals surface area contributed by atoms with E-state index < -0.39 is 0 Å². The molecule has 0 amide bonds. The second-order valence-corrected chi connectivity index (χ2v) is 5.37. The summed E-state index contributed by atoms with van der Waals surface area (Å²) in [5.74, 6) is 1.04. The van der Waals surface area contributed by atoms with E-state index in [1.807, 2.05) is 6.07 Å². The Morgan fingerprint density at radius 3 is 3.11 bits per heavy atom. The molecule has 1 N–H and O–H groups in total. The summed E-state index contributed by atoms with van der Waals surface area (Å²) in [5, 5.41) is 3.38. The van der Waals surface area contributed by atoms with Crippen LogP contribution in [0.3, 0.4) is 0 Å². The molecule has 0 unspecified atom stereocenters. The van der Waals surface area contributed by atoms with E-state index in [1.165, 1.54) is 11.1 Å². The topological polar surface area (TPSA) is 47.0 Å². The zero-order valence-corrected chi connectivity index (χ0v) is 12.0. The quantitative estimate of drug-likeness (QED) is 0.940. The van der Waals surface area contributed by atoms with E-state index in [0.29, 0.717) is 0 Å². The van der Waals surface area contributed by atoms with Gasteiger partial charge in [-0.2, -0.15) is 0 Å². The zero-order chi connectivity index (χ0) is 13.1. The Kier molecular flexibility index (Phi) is 3.75. The van der Waals surface area contributed by atoms with Crippen LogP contribution >= 0.6 is 15.9 Å². The van der Waals surface area contributed by atoms with Crippen molar-refractivity contribution in [3.05, 3.63) is 52.0 Å². The molecule has 19 heavy (non-hydrogen) atoms. The van der Waals surface area contributed by atoms with E-state index in [-0.39, 0.29) is 0 Å². The third-order valence-electron chi connectivity index (χ3n) is 3.09. The van der Waals surface area contributed by atoms with Gasteiger partial charge in [0.25, 0.3) is 0 Å². The van der Waals surface area contributed by atoms with Gasteiger partial charge in [-0.05, 0) is 23.8 Å². The van der Waals surface area contributed by atoms with E-state index in [0.717, 1.165) is 42.0 Å². The predicted octanol–water partition coefficient (Wildman–Crippen LogP) is 2.46. The molecule has 0 radical (unpaired) electrons. The first-order valence-electron chi connectivity index (χ1n) is 6.22. The van der Waals surface area contributed by atoms with Crippen LogP contribution in [-0.4, -0.2) is 16.6 Å². The number of rotatable bonds is 4. The third kappa shape index (κ3) is 2.93. The maximum Gasteiger partial charge on any atom is 0.127 e. The zero-order valence-electron chi connectivity index (χ0n) is 10.4. The number of aromatic nitrogens is 2. The molecule has 1 aromatic heterocycles. The molecule has 0 saturated carbocycles. The number of nitrogens with one attached hydrogen (secondary N) is 1. The molecular weight excluding hydrogens is 306 g/mol. The van der Waals surface area contributed by atoms with Crippen LogP contribution in [0.1, 0.15) is 16.8 Å². The molecule has 1 aromatic carbocycles. The summed E-state index contributed by atoms with van der Waals surface area (Å²) in [7, 11) is 0. The number of hydrogen-bond donors (Lipinski definition) is 1. The van der Waals surface area contributed by atoms with Gasteiger partial charge in [0.2, 0.25) is 0 Å². The molecule has 1 aliphatic heterocycles. The first kappa shape index (κ1) is 12.6. The summed E-state index contributed by atoms with van der Waals surface area (Å²) in [6.45, 7) is 2.28. The van der Waals surface area contributed by atoms with Crippen LogP contribution in [-0.2, 0) is 19.5 Å². The number of halogens is 1. The minimum atomic E-state index is 0.726. The molecule has 0 bridgehead atoms. The lowest BCUT2D eigenvalue weighted by Crippen LogP contribution is -2.14. The first-order valence-corrected chi connectivity index (χ1v) is 7.02. The largest absolute Gasteiger partial charge is 0.493 e. The van der Waals surface area contributed by atoms with Gasteiger partial charge in [-0.15, -0.1) is 0 Å². The molecule has 0 fully saturated rings. The van der Waals surface area contributed by atoms with Gasteiger partial charge in [-0.1, -0.05) is 15.9 Å². The van der Waals surface area contributed by atoms with Crippen molar-refractivity contribution in [2.45, 2.75) is 19.5 Å². The molecule has 0 atom stereocenters. The summed E-state index contributed by atoms with van der Waals surface area (Å²) in [6.07, 6.45) is 4.31. The van der Waals surface area contributed by atoms with Gasteiger partial charge < -0.3 is 10.1 Å². The van der Waals surface area contributed by atoms with Crippen molar-refractivity contribution in [2.24, 2.45) is 0 Å². The highest BCUT2D eigenvalue weighted by atomic mass is 79.9. The Morgan fingerprint density at radius 2 is 2.26 bits per heavy atom. The molecule has 4 nitrogen and oxygen atoms in total. The van der Waals surface area contributed by atoms with Crippen molar-refractivity contribution in [1.29, 1.82) is 0 Å². The molecule has 2 heterocycles. The van der Waals surface area contributed by atoms with Crippen molar-refractivity contribution in [3.8, 4) is 5.75 Å². The van der Waals surface area contributed by atoms with Crippen molar-refractivity contribution in [2.75, 3.05) is 6.61 Å². The highest BCUT2D eigenvalue weighted by molar-refractivity contribution is 9.10. The number of hydrogen-bond acceptors (Lipinski definition) is 4. The molecule has 98 valence electrons. The Balaban J connectivity index is 1.67. The lowest BCUT2D eigenvalue weighted by Gasteiger charge is -2.10. The van der Waals surface area contributed by atoms with E-state index in [2.05, 4.69) is 43.3 Å². The molecule has 0 aliphatic carbocycles. The van der Waals surface area contributed by atoms with Gasteiger partial charge in [0.15, 0.2) is 0 Å². The van der Waals surface area contributed by atoms with Crippen LogP contribution in [0.4, 0.5) is 0 Å². The summed E-state index contributed by atoms with van der Waals surface area (Å²) in [6, 6.07) is 6.15. The molecule has 1 aliphatic rings. The smallest absolute Gasteiger partial charge is 0.127 e. The van der Waals surface area contributed by atoms with Crippen molar-refractivity contribution >= 4 is 15.9 Å². The average molecular weight is 320 g/mol. The maximum absolute atomic E-state index is 5.70. The summed E-state index contributed by atoms with van der Waals surface area (Å²) < 4.78 is 6.81. The van der Waals surface area contributed by atoms with Crippen molar-refractivity contribution < 1.29 is 4.74 Å². The lowest BCUT2D eigenvalue weighted by atomic mass is 10.1. The van der Waals surface area contributed by atoms with Crippen LogP contribution < -0.4 is 10.1 Å². The number of fused-ring (bicyclic) bond motifs is 1. The van der Waals surface area contributed by atoms with E-state index in [9.17, 15) is 0 Å². The molecule has 0 saturated heterocycles. The fourth-order valence-electron chi connectivity index (χ4n) is 2.23. The van der Waals surface area contributed by atoms with Gasteiger partial charge in [0.1, 0.15) is 12.1 Å². The maximum atomic E-state index is 5.70. The average Bonchev–Trinajstić information content (AvgIpc) is 2.88. The Hall–Kier alpha value is -1.46. The van der Waals surface area contributed by atoms with Crippen LogP contribution in [0.25, 0.3) is 0 Å². The predicted molar refractivity (Wildman–Crippen MR) is 75.9 cm³/mol. The molecule has 0 spiro atoms. The van der Waals surface area contributed by atoms with Crippen molar-refractivity contribution in [1.82, 2.24) is 15.3 Å². The molecule has 2 aromatic rings. The highest BCUT2D eigenvalue weighted by Crippen LogP contribution is 2.32. The van der Waals surface area contributed by atoms with Crippen molar-refractivity contribution in [3.63, 3.8) is 0 Å². The molecule has 5 heteroatoms. The Bertz CT molecular complexity index is 574. The second kappa shape index (κ2) is 5.67. The summed E-state index contributed by atoms with van der Waals surface area (Å²) >= 11 is 3.55. The Labute approximate surface area is 120 Å². The van der Waals surface area contributed by atoms with Gasteiger partial charge >= 0.3 is 0 Å². The standard InChI is InChI=1S/C14H14BrN3O/c15-12-5-10-2-4-19-14(10)11(6-12)7-17-8-13-1-3-16-9-18-13/h1,3,5-6,9,17H,2,4,7-8H2. The first-order chi connectivity index (χ1) is 9.33. The van der Waals surface area contributed by atoms with Gasteiger partial charge in [0, 0.05) is 35.7 Å². The van der Waals surface area contributed by atoms with E-state index >= 15 is 0 Å². The van der Waals surface area contributed by atoms with E-state index in [4.69, 9.17) is 4.74 Å².